The van der Waals surface area contributed by atoms with Crippen LogP contribution in [0.5, 0.6) is 0 Å². The van der Waals surface area contributed by atoms with Gasteiger partial charge in [0.1, 0.15) is 6.04 Å². The average molecular weight is 229 g/mol. The Kier molecular flexibility index (Phi) is 6.42. The Balaban J connectivity index is 1.92. The highest BCUT2D eigenvalue weighted by atomic mass is 16.5. The molecule has 0 spiro atoms. The SMILES string of the molecule is CCCC(NCCCOCC1CC1)C(=O)O. The Hall–Kier alpha value is -0.610. The monoisotopic (exact) mass is 229 g/mol. The molecule has 1 aliphatic carbocycles. The number of rotatable bonds is 10. The lowest BCUT2D eigenvalue weighted by Crippen LogP contribution is -2.37. The van der Waals surface area contributed by atoms with Crippen molar-refractivity contribution in [2.45, 2.75) is 45.1 Å². The summed E-state index contributed by atoms with van der Waals surface area (Å²) in [4.78, 5) is 10.8. The molecule has 0 bridgehead atoms. The van der Waals surface area contributed by atoms with Crippen molar-refractivity contribution < 1.29 is 14.6 Å². The second-order valence-corrected chi connectivity index (χ2v) is 4.51. The molecule has 1 atom stereocenters. The van der Waals surface area contributed by atoms with E-state index in [0.717, 1.165) is 38.5 Å². The predicted molar refractivity (Wildman–Crippen MR) is 62.5 cm³/mol. The number of nitrogens with one attached hydrogen (secondary N) is 1. The van der Waals surface area contributed by atoms with Gasteiger partial charge >= 0.3 is 5.97 Å². The minimum Gasteiger partial charge on any atom is -0.480 e. The molecular formula is C12H23NO3. The van der Waals surface area contributed by atoms with Gasteiger partial charge in [-0.3, -0.25) is 4.79 Å². The average Bonchev–Trinajstić information content (AvgIpc) is 3.05. The molecule has 94 valence electrons. The first-order valence-corrected chi connectivity index (χ1v) is 6.28. The molecule has 1 aliphatic rings. The summed E-state index contributed by atoms with van der Waals surface area (Å²) in [6.07, 6.45) is 5.10. The molecule has 0 radical (unpaired) electrons. The number of carbonyl (C=O) groups is 1. The maximum atomic E-state index is 10.8. The molecule has 1 unspecified atom stereocenters. The maximum Gasteiger partial charge on any atom is 0.320 e. The lowest BCUT2D eigenvalue weighted by molar-refractivity contribution is -0.139. The third kappa shape index (κ3) is 6.08. The second-order valence-electron chi connectivity index (χ2n) is 4.51. The Morgan fingerprint density at radius 2 is 2.31 bits per heavy atom. The summed E-state index contributed by atoms with van der Waals surface area (Å²) in [5.74, 6) is 0.0561. The van der Waals surface area contributed by atoms with Crippen LogP contribution in [0.15, 0.2) is 0 Å². The standard InChI is InChI=1S/C12H23NO3/c1-2-4-11(12(14)15)13-7-3-8-16-9-10-5-6-10/h10-11,13H,2-9H2,1H3,(H,14,15). The molecular weight excluding hydrogens is 206 g/mol. The van der Waals surface area contributed by atoms with Gasteiger partial charge in [0.15, 0.2) is 0 Å². The van der Waals surface area contributed by atoms with Gasteiger partial charge in [0.2, 0.25) is 0 Å². The Labute approximate surface area is 97.4 Å². The van der Waals surface area contributed by atoms with Gasteiger partial charge in [-0.2, -0.15) is 0 Å². The van der Waals surface area contributed by atoms with E-state index in [1.54, 1.807) is 0 Å². The minimum absolute atomic E-state index is 0.395. The van der Waals surface area contributed by atoms with Crippen molar-refractivity contribution in [3.05, 3.63) is 0 Å². The molecule has 0 aromatic heterocycles. The Bertz CT molecular complexity index is 204. The van der Waals surface area contributed by atoms with Crippen molar-refractivity contribution >= 4 is 5.97 Å². The molecule has 2 N–H and O–H groups in total. The van der Waals surface area contributed by atoms with Crippen LogP contribution in [0.3, 0.4) is 0 Å². The number of aliphatic carboxylic acids is 1. The highest BCUT2D eigenvalue weighted by Crippen LogP contribution is 2.28. The fourth-order valence-electron chi connectivity index (χ4n) is 1.59. The van der Waals surface area contributed by atoms with Gasteiger partial charge in [-0.25, -0.2) is 0 Å². The van der Waals surface area contributed by atoms with E-state index in [1.807, 2.05) is 6.92 Å². The largest absolute Gasteiger partial charge is 0.480 e. The van der Waals surface area contributed by atoms with E-state index in [-0.39, 0.29) is 0 Å². The van der Waals surface area contributed by atoms with Crippen LogP contribution < -0.4 is 5.32 Å². The van der Waals surface area contributed by atoms with E-state index in [1.165, 1.54) is 12.8 Å². The molecule has 4 heteroatoms. The number of carboxylic acids is 1. The van der Waals surface area contributed by atoms with Gasteiger partial charge in [0, 0.05) is 13.2 Å². The van der Waals surface area contributed by atoms with Crippen LogP contribution in [-0.2, 0) is 9.53 Å². The molecule has 1 fully saturated rings. The number of carboxylic acid groups (broad SMARTS) is 1. The summed E-state index contributed by atoms with van der Waals surface area (Å²) >= 11 is 0. The van der Waals surface area contributed by atoms with Gasteiger partial charge in [-0.05, 0) is 38.1 Å². The van der Waals surface area contributed by atoms with Crippen LogP contribution >= 0.6 is 0 Å². The van der Waals surface area contributed by atoms with E-state index >= 15 is 0 Å². The Morgan fingerprint density at radius 3 is 2.88 bits per heavy atom. The highest BCUT2D eigenvalue weighted by molar-refractivity contribution is 5.73. The summed E-state index contributed by atoms with van der Waals surface area (Å²) in [6.45, 7) is 4.34. The third-order valence-corrected chi connectivity index (χ3v) is 2.78. The predicted octanol–water partition coefficient (Wildman–Crippen LogP) is 1.65. The number of hydrogen-bond donors (Lipinski definition) is 2. The maximum absolute atomic E-state index is 10.8. The van der Waals surface area contributed by atoms with E-state index in [0.29, 0.717) is 6.42 Å². The van der Waals surface area contributed by atoms with Crippen molar-refractivity contribution in [2.24, 2.45) is 5.92 Å². The first kappa shape index (κ1) is 13.5. The van der Waals surface area contributed by atoms with Crippen LogP contribution in [0.1, 0.15) is 39.0 Å². The van der Waals surface area contributed by atoms with Crippen molar-refractivity contribution in [1.82, 2.24) is 5.32 Å². The molecule has 0 aliphatic heterocycles. The zero-order valence-corrected chi connectivity index (χ0v) is 10.1. The Morgan fingerprint density at radius 1 is 1.56 bits per heavy atom. The molecule has 1 rings (SSSR count). The highest BCUT2D eigenvalue weighted by Gasteiger charge is 2.20. The molecule has 0 aromatic carbocycles. The summed E-state index contributed by atoms with van der Waals surface area (Å²) < 4.78 is 5.47. The van der Waals surface area contributed by atoms with Crippen LogP contribution in [-0.4, -0.2) is 36.9 Å². The quantitative estimate of drug-likeness (QED) is 0.559. The van der Waals surface area contributed by atoms with Crippen molar-refractivity contribution in [3.8, 4) is 0 Å². The second kappa shape index (κ2) is 7.63. The van der Waals surface area contributed by atoms with Crippen LogP contribution in [0.25, 0.3) is 0 Å². The normalized spacial score (nSPS) is 17.3. The van der Waals surface area contributed by atoms with Gasteiger partial charge in [0.25, 0.3) is 0 Å². The lowest BCUT2D eigenvalue weighted by Gasteiger charge is -2.13. The topological polar surface area (TPSA) is 58.6 Å². The summed E-state index contributed by atoms with van der Waals surface area (Å²) in [7, 11) is 0. The van der Waals surface area contributed by atoms with Crippen LogP contribution in [0.2, 0.25) is 0 Å². The fraction of sp³-hybridized carbons (Fsp3) is 0.917. The van der Waals surface area contributed by atoms with E-state index in [2.05, 4.69) is 5.32 Å². The molecule has 4 nitrogen and oxygen atoms in total. The lowest BCUT2D eigenvalue weighted by atomic mass is 10.1. The van der Waals surface area contributed by atoms with Crippen LogP contribution in [0, 0.1) is 5.92 Å². The zero-order chi connectivity index (χ0) is 11.8. The molecule has 0 saturated heterocycles. The van der Waals surface area contributed by atoms with E-state index in [9.17, 15) is 4.79 Å². The first-order chi connectivity index (χ1) is 7.74. The van der Waals surface area contributed by atoms with Gasteiger partial charge < -0.3 is 15.2 Å². The van der Waals surface area contributed by atoms with Gasteiger partial charge in [-0.15, -0.1) is 0 Å². The molecule has 0 amide bonds. The minimum atomic E-state index is -0.749. The van der Waals surface area contributed by atoms with E-state index in [4.69, 9.17) is 9.84 Å². The molecule has 16 heavy (non-hydrogen) atoms. The smallest absolute Gasteiger partial charge is 0.320 e. The van der Waals surface area contributed by atoms with Crippen molar-refractivity contribution in [3.63, 3.8) is 0 Å². The summed E-state index contributed by atoms with van der Waals surface area (Å²) in [5.41, 5.74) is 0. The van der Waals surface area contributed by atoms with Gasteiger partial charge in [0.05, 0.1) is 0 Å². The first-order valence-electron chi connectivity index (χ1n) is 6.28. The fourth-order valence-corrected chi connectivity index (χ4v) is 1.59. The van der Waals surface area contributed by atoms with Crippen molar-refractivity contribution in [1.29, 1.82) is 0 Å². The number of hydrogen-bond acceptors (Lipinski definition) is 3. The summed E-state index contributed by atoms with van der Waals surface area (Å²) in [6, 6.07) is -0.395. The zero-order valence-electron chi connectivity index (χ0n) is 10.1. The molecule has 0 heterocycles. The van der Waals surface area contributed by atoms with Crippen LogP contribution in [0.4, 0.5) is 0 Å². The molecule has 1 saturated carbocycles. The third-order valence-electron chi connectivity index (χ3n) is 2.78. The van der Waals surface area contributed by atoms with Crippen molar-refractivity contribution in [2.75, 3.05) is 19.8 Å². The molecule has 0 aromatic rings. The van der Waals surface area contributed by atoms with Gasteiger partial charge in [-0.1, -0.05) is 13.3 Å². The van der Waals surface area contributed by atoms with E-state index < -0.39 is 12.0 Å². The summed E-state index contributed by atoms with van der Waals surface area (Å²) in [5, 5.41) is 11.9. The number of ether oxygens (including phenoxy) is 1.